The number of hydrogen-bond donors (Lipinski definition) is 3. The van der Waals surface area contributed by atoms with Gasteiger partial charge in [0, 0.05) is 30.1 Å². The van der Waals surface area contributed by atoms with E-state index in [2.05, 4.69) is 30.8 Å². The van der Waals surface area contributed by atoms with Gasteiger partial charge in [-0.2, -0.15) is 0 Å². The molecule has 2 aromatic heterocycles. The van der Waals surface area contributed by atoms with Crippen LogP contribution in [0, 0.1) is 11.6 Å². The van der Waals surface area contributed by atoms with E-state index in [9.17, 15) is 18.7 Å². The molecule has 4 aromatic rings. The number of aliphatic hydroxyl groups excluding tert-OH is 1. The summed E-state index contributed by atoms with van der Waals surface area (Å²) in [5.41, 5.74) is 1.42. The summed E-state index contributed by atoms with van der Waals surface area (Å²) in [6.45, 7) is -0.266. The summed E-state index contributed by atoms with van der Waals surface area (Å²) >= 11 is 0. The Labute approximate surface area is 193 Å². The highest BCUT2D eigenvalue weighted by molar-refractivity contribution is 5.95. The Morgan fingerprint density at radius 3 is 2.76 bits per heavy atom. The first-order chi connectivity index (χ1) is 16.5. The molecular formula is C23H21F2N7O2. The van der Waals surface area contributed by atoms with Crippen LogP contribution < -0.4 is 10.6 Å². The molecule has 34 heavy (non-hydrogen) atoms. The molecule has 0 fully saturated rings. The second kappa shape index (κ2) is 10.1. The number of rotatable bonds is 8. The normalized spacial score (nSPS) is 11.8. The molecule has 9 nitrogen and oxygen atoms in total. The van der Waals surface area contributed by atoms with Crippen molar-refractivity contribution in [2.24, 2.45) is 7.05 Å². The smallest absolute Gasteiger partial charge is 0.251 e. The molecule has 4 rings (SSSR count). The predicted octanol–water partition coefficient (Wildman–Crippen LogP) is 2.63. The molecule has 1 amide bonds. The molecule has 1 atom stereocenters. The predicted molar refractivity (Wildman–Crippen MR) is 119 cm³/mol. The number of carbonyl (C=O) groups is 1. The quantitative estimate of drug-likeness (QED) is 0.366. The maximum absolute atomic E-state index is 14.1. The van der Waals surface area contributed by atoms with Crippen LogP contribution in [0.5, 0.6) is 0 Å². The molecule has 0 saturated carbocycles. The fourth-order valence-electron chi connectivity index (χ4n) is 3.36. The number of anilines is 1. The van der Waals surface area contributed by atoms with Crippen LogP contribution in [-0.2, 0) is 13.6 Å². The maximum Gasteiger partial charge on any atom is 0.251 e. The summed E-state index contributed by atoms with van der Waals surface area (Å²) in [6.07, 6.45) is 3.05. The first-order valence-electron chi connectivity index (χ1n) is 10.3. The van der Waals surface area contributed by atoms with Gasteiger partial charge in [0.05, 0.1) is 19.2 Å². The van der Waals surface area contributed by atoms with Gasteiger partial charge in [0.15, 0.2) is 11.6 Å². The number of aliphatic hydroxyl groups is 1. The number of aromatic nitrogens is 5. The minimum Gasteiger partial charge on any atom is -0.394 e. The first kappa shape index (κ1) is 22.9. The highest BCUT2D eigenvalue weighted by atomic mass is 19.1. The number of halogens is 2. The fourth-order valence-corrected chi connectivity index (χ4v) is 3.36. The van der Waals surface area contributed by atoms with E-state index in [1.807, 2.05) is 7.05 Å². The average Bonchev–Trinajstić information content (AvgIpc) is 3.23. The van der Waals surface area contributed by atoms with Crippen molar-refractivity contribution in [1.82, 2.24) is 30.0 Å². The lowest BCUT2D eigenvalue weighted by Gasteiger charge is -2.18. The highest BCUT2D eigenvalue weighted by Gasteiger charge is 2.19. The number of nitrogens with zero attached hydrogens (tertiary/aromatic N) is 5. The molecule has 0 aliphatic rings. The molecule has 2 aromatic carbocycles. The third kappa shape index (κ3) is 5.04. The van der Waals surface area contributed by atoms with Crippen molar-refractivity contribution in [3.05, 3.63) is 89.6 Å². The molecule has 0 spiro atoms. The van der Waals surface area contributed by atoms with Gasteiger partial charge in [-0.15, -0.1) is 10.2 Å². The van der Waals surface area contributed by atoms with Gasteiger partial charge in [0.1, 0.15) is 23.7 Å². The summed E-state index contributed by atoms with van der Waals surface area (Å²) in [5.74, 6) is -0.698. The van der Waals surface area contributed by atoms with E-state index in [4.69, 9.17) is 0 Å². The molecule has 174 valence electrons. The average molecular weight is 465 g/mol. The van der Waals surface area contributed by atoms with Crippen molar-refractivity contribution in [2.75, 3.05) is 11.9 Å². The van der Waals surface area contributed by atoms with Crippen LogP contribution in [-0.4, -0.2) is 42.4 Å². The highest BCUT2D eigenvalue weighted by Crippen LogP contribution is 2.20. The SMILES string of the molecule is Cn1c(CNc2cccc(C(=O)NC(CO)c3cc(F)ccc3F)c2)nnc1-c1ccncn1. The van der Waals surface area contributed by atoms with E-state index in [1.54, 1.807) is 41.1 Å². The van der Waals surface area contributed by atoms with Crippen LogP contribution in [0.15, 0.2) is 61.1 Å². The Balaban J connectivity index is 1.44. The maximum atomic E-state index is 14.1. The molecule has 11 heteroatoms. The zero-order valence-electron chi connectivity index (χ0n) is 18.1. The lowest BCUT2D eigenvalue weighted by atomic mass is 10.1. The number of amides is 1. The van der Waals surface area contributed by atoms with Crippen LogP contribution in [0.4, 0.5) is 14.5 Å². The summed E-state index contributed by atoms with van der Waals surface area (Å²) in [4.78, 5) is 20.8. The Kier molecular flexibility index (Phi) is 6.83. The summed E-state index contributed by atoms with van der Waals surface area (Å²) in [6, 6.07) is 10.1. The molecule has 2 heterocycles. The Morgan fingerprint density at radius 1 is 1.15 bits per heavy atom. The van der Waals surface area contributed by atoms with Crippen LogP contribution in [0.1, 0.15) is 27.8 Å². The molecule has 0 radical (unpaired) electrons. The van der Waals surface area contributed by atoms with Gasteiger partial charge >= 0.3 is 0 Å². The third-order valence-corrected chi connectivity index (χ3v) is 5.17. The molecular weight excluding hydrogens is 444 g/mol. The molecule has 1 unspecified atom stereocenters. The summed E-state index contributed by atoms with van der Waals surface area (Å²) in [7, 11) is 1.82. The number of hydrogen-bond acceptors (Lipinski definition) is 7. The van der Waals surface area contributed by atoms with Crippen LogP contribution >= 0.6 is 0 Å². The van der Waals surface area contributed by atoms with E-state index in [0.29, 0.717) is 29.6 Å². The third-order valence-electron chi connectivity index (χ3n) is 5.17. The first-order valence-corrected chi connectivity index (χ1v) is 10.3. The van der Waals surface area contributed by atoms with Gasteiger partial charge in [-0.3, -0.25) is 4.79 Å². The minimum atomic E-state index is -1.10. The summed E-state index contributed by atoms with van der Waals surface area (Å²) in [5, 5.41) is 23.7. The standard InChI is InChI=1S/C23H21F2N7O2/c1-32-21(30-31-22(32)19-7-8-26-13-28-19)11-27-16-4-2-3-14(9-16)23(34)29-20(12-33)17-10-15(24)5-6-18(17)25/h2-10,13,20,27,33H,11-12H2,1H3,(H,29,34). The van der Waals surface area contributed by atoms with E-state index >= 15 is 0 Å². The fraction of sp³-hybridized carbons (Fsp3) is 0.174. The van der Waals surface area contributed by atoms with Crippen molar-refractivity contribution in [3.63, 3.8) is 0 Å². The minimum absolute atomic E-state index is 0.132. The van der Waals surface area contributed by atoms with Crippen LogP contribution in [0.25, 0.3) is 11.5 Å². The van der Waals surface area contributed by atoms with E-state index < -0.39 is 30.2 Å². The zero-order valence-corrected chi connectivity index (χ0v) is 18.1. The van der Waals surface area contributed by atoms with Gasteiger partial charge in [-0.1, -0.05) is 6.07 Å². The summed E-state index contributed by atoms with van der Waals surface area (Å²) < 4.78 is 29.4. The van der Waals surface area contributed by atoms with Crippen molar-refractivity contribution in [2.45, 2.75) is 12.6 Å². The molecule has 3 N–H and O–H groups in total. The lowest BCUT2D eigenvalue weighted by molar-refractivity contribution is 0.0915. The van der Waals surface area contributed by atoms with Crippen molar-refractivity contribution in [1.29, 1.82) is 0 Å². The number of carbonyl (C=O) groups excluding carboxylic acids is 1. The van der Waals surface area contributed by atoms with Gasteiger partial charge in [0.25, 0.3) is 5.91 Å². The zero-order chi connectivity index (χ0) is 24.1. The monoisotopic (exact) mass is 465 g/mol. The molecule has 0 aliphatic heterocycles. The van der Waals surface area contributed by atoms with Gasteiger partial charge in [-0.25, -0.2) is 18.7 Å². The van der Waals surface area contributed by atoms with Crippen molar-refractivity contribution >= 4 is 11.6 Å². The topological polar surface area (TPSA) is 118 Å². The van der Waals surface area contributed by atoms with E-state index in [0.717, 1.165) is 18.2 Å². The molecule has 0 bridgehead atoms. The second-order valence-corrected chi connectivity index (χ2v) is 7.40. The lowest BCUT2D eigenvalue weighted by Crippen LogP contribution is -2.31. The number of benzene rings is 2. The molecule has 0 aliphatic carbocycles. The Bertz CT molecular complexity index is 1300. The van der Waals surface area contributed by atoms with Crippen LogP contribution in [0.3, 0.4) is 0 Å². The van der Waals surface area contributed by atoms with Crippen molar-refractivity contribution < 1.29 is 18.7 Å². The van der Waals surface area contributed by atoms with Gasteiger partial charge < -0.3 is 20.3 Å². The van der Waals surface area contributed by atoms with E-state index in [-0.39, 0.29) is 11.1 Å². The number of nitrogens with one attached hydrogen (secondary N) is 2. The molecule has 0 saturated heterocycles. The van der Waals surface area contributed by atoms with Crippen molar-refractivity contribution in [3.8, 4) is 11.5 Å². The Hall–Kier alpha value is -4.25. The second-order valence-electron chi connectivity index (χ2n) is 7.40. The van der Waals surface area contributed by atoms with E-state index in [1.165, 1.54) is 6.33 Å². The largest absolute Gasteiger partial charge is 0.394 e. The van der Waals surface area contributed by atoms with Gasteiger partial charge in [-0.05, 0) is 42.5 Å². The Morgan fingerprint density at radius 2 is 2.00 bits per heavy atom. The van der Waals surface area contributed by atoms with Gasteiger partial charge in [0.2, 0.25) is 0 Å². The van der Waals surface area contributed by atoms with Crippen LogP contribution in [0.2, 0.25) is 0 Å².